The largest absolute Gasteiger partial charge is 0.477 e. The second-order valence-corrected chi connectivity index (χ2v) is 8.79. The van der Waals surface area contributed by atoms with Gasteiger partial charge in [-0.05, 0) is 11.8 Å². The molecule has 0 saturated heterocycles. The molecule has 0 spiro atoms. The molecular formula is C10H19Cl4O4P. The maximum Gasteiger partial charge on any atom is 0.477 e. The first kappa shape index (κ1) is 20.3. The highest BCUT2D eigenvalue weighted by Gasteiger charge is 2.43. The molecule has 0 fully saturated rings. The van der Waals surface area contributed by atoms with E-state index >= 15 is 0 Å². The van der Waals surface area contributed by atoms with Gasteiger partial charge in [-0.1, -0.05) is 74.1 Å². The van der Waals surface area contributed by atoms with Crippen LogP contribution < -0.4 is 0 Å². The Morgan fingerprint density at radius 3 is 1.63 bits per heavy atom. The van der Waals surface area contributed by atoms with Crippen molar-refractivity contribution in [2.24, 2.45) is 11.8 Å². The van der Waals surface area contributed by atoms with Crippen LogP contribution in [0.2, 0.25) is 0 Å². The predicted molar refractivity (Wildman–Crippen MR) is 80.2 cm³/mol. The molecule has 0 aliphatic carbocycles. The second-order valence-electron chi connectivity index (χ2n) is 4.78. The fourth-order valence-electron chi connectivity index (χ4n) is 0.760. The van der Waals surface area contributed by atoms with Crippen LogP contribution in [0.3, 0.4) is 0 Å². The minimum atomic E-state index is -3.94. The first-order valence-electron chi connectivity index (χ1n) is 5.74. The SMILES string of the molecule is CC(C)COP(=O)(OCC(C)C)OC(Cl)(Cl)C(Cl)Cl. The molecule has 0 atom stereocenters. The monoisotopic (exact) mass is 374 g/mol. The molecule has 0 heterocycles. The van der Waals surface area contributed by atoms with Gasteiger partial charge in [-0.15, -0.1) is 0 Å². The smallest absolute Gasteiger partial charge is 0.287 e. The number of phosphoric acid groups is 1. The van der Waals surface area contributed by atoms with Gasteiger partial charge in [0.05, 0.1) is 13.2 Å². The Morgan fingerprint density at radius 1 is 1.00 bits per heavy atom. The van der Waals surface area contributed by atoms with Gasteiger partial charge >= 0.3 is 7.82 Å². The summed E-state index contributed by atoms with van der Waals surface area (Å²) in [6, 6.07) is 0. The summed E-state index contributed by atoms with van der Waals surface area (Å²) in [4.78, 5) is -1.31. The molecule has 0 bridgehead atoms. The molecule has 0 saturated carbocycles. The molecule has 0 aromatic carbocycles. The number of hydrogen-bond acceptors (Lipinski definition) is 4. The average Bonchev–Trinajstić information content (AvgIpc) is 2.23. The summed E-state index contributed by atoms with van der Waals surface area (Å²) < 4.78 is 25.6. The minimum Gasteiger partial charge on any atom is -0.287 e. The van der Waals surface area contributed by atoms with Crippen LogP contribution in [-0.2, 0) is 18.1 Å². The average molecular weight is 376 g/mol. The van der Waals surface area contributed by atoms with E-state index in [1.54, 1.807) is 0 Å². The lowest BCUT2D eigenvalue weighted by Gasteiger charge is -2.27. The third-order valence-corrected chi connectivity index (χ3v) is 4.93. The standard InChI is InChI=1S/C10H19Cl4O4P/c1-7(2)5-16-19(15,17-6-8(3)4)18-10(13,14)9(11)12/h7-9H,5-6H2,1-4H3. The van der Waals surface area contributed by atoms with Gasteiger partial charge in [-0.2, -0.15) is 0 Å². The van der Waals surface area contributed by atoms with E-state index in [1.807, 2.05) is 27.7 Å². The molecule has 0 radical (unpaired) electrons. The normalized spacial score (nSPS) is 13.8. The van der Waals surface area contributed by atoms with E-state index in [-0.39, 0.29) is 25.0 Å². The molecule has 0 aliphatic rings. The van der Waals surface area contributed by atoms with E-state index in [0.717, 1.165) is 0 Å². The van der Waals surface area contributed by atoms with E-state index < -0.39 is 17.2 Å². The van der Waals surface area contributed by atoms with Crippen molar-refractivity contribution in [2.45, 2.75) is 37.1 Å². The lowest BCUT2D eigenvalue weighted by molar-refractivity contribution is 0.0797. The topological polar surface area (TPSA) is 44.8 Å². The quantitative estimate of drug-likeness (QED) is 0.400. The van der Waals surface area contributed by atoms with Crippen LogP contribution in [-0.4, -0.2) is 22.6 Å². The molecule has 9 heteroatoms. The van der Waals surface area contributed by atoms with Gasteiger partial charge in [-0.25, -0.2) is 9.09 Å². The van der Waals surface area contributed by atoms with Gasteiger partial charge in [0, 0.05) is 0 Å². The summed E-state index contributed by atoms with van der Waals surface area (Å²) >= 11 is 22.6. The second kappa shape index (κ2) is 8.65. The Hall–Kier alpha value is 1.27. The highest BCUT2D eigenvalue weighted by molar-refractivity contribution is 7.48. The predicted octanol–water partition coefficient (Wildman–Crippen LogP) is 5.39. The van der Waals surface area contributed by atoms with Crippen LogP contribution in [0.15, 0.2) is 0 Å². The molecule has 116 valence electrons. The summed E-state index contributed by atoms with van der Waals surface area (Å²) in [6.45, 7) is 7.85. The van der Waals surface area contributed by atoms with Crippen LogP contribution in [0.25, 0.3) is 0 Å². The number of hydrogen-bond donors (Lipinski definition) is 0. The Kier molecular flexibility index (Phi) is 9.23. The number of alkyl halides is 4. The summed E-state index contributed by atoms with van der Waals surface area (Å²) in [5, 5.41) is 0. The van der Waals surface area contributed by atoms with E-state index in [0.29, 0.717) is 0 Å². The first-order chi connectivity index (χ1) is 8.48. The molecule has 0 rings (SSSR count). The zero-order chi connectivity index (χ0) is 15.3. The zero-order valence-electron chi connectivity index (χ0n) is 11.2. The third kappa shape index (κ3) is 9.00. The van der Waals surface area contributed by atoms with Gasteiger partial charge in [0.2, 0.25) is 0 Å². The highest BCUT2D eigenvalue weighted by atomic mass is 35.5. The summed E-state index contributed by atoms with van der Waals surface area (Å²) in [6.07, 6.45) is 0. The van der Waals surface area contributed by atoms with Crippen LogP contribution >= 0.6 is 54.2 Å². The van der Waals surface area contributed by atoms with Crippen molar-refractivity contribution in [3.8, 4) is 0 Å². The van der Waals surface area contributed by atoms with Crippen LogP contribution in [0.4, 0.5) is 0 Å². The van der Waals surface area contributed by atoms with E-state index in [1.165, 1.54) is 0 Å². The van der Waals surface area contributed by atoms with Gasteiger partial charge in [-0.3, -0.25) is 9.05 Å². The van der Waals surface area contributed by atoms with Crippen molar-refractivity contribution in [3.05, 3.63) is 0 Å². The number of phosphoric ester groups is 1. The third-order valence-electron chi connectivity index (χ3n) is 1.62. The summed E-state index contributed by atoms with van der Waals surface area (Å²) in [7, 11) is -3.94. The summed E-state index contributed by atoms with van der Waals surface area (Å²) in [5.74, 6) is 0.254. The van der Waals surface area contributed by atoms with Gasteiger partial charge in [0.1, 0.15) is 0 Å². The Labute approximate surface area is 134 Å². The maximum absolute atomic E-state index is 12.4. The maximum atomic E-state index is 12.4. The molecule has 0 unspecified atom stereocenters. The minimum absolute atomic E-state index is 0.127. The van der Waals surface area contributed by atoms with Crippen molar-refractivity contribution in [3.63, 3.8) is 0 Å². The van der Waals surface area contributed by atoms with Crippen LogP contribution in [0, 0.1) is 11.8 Å². The fourth-order valence-corrected chi connectivity index (χ4v) is 3.02. The molecule has 19 heavy (non-hydrogen) atoms. The van der Waals surface area contributed by atoms with Crippen LogP contribution in [0.1, 0.15) is 27.7 Å². The van der Waals surface area contributed by atoms with Gasteiger partial charge in [0.25, 0.3) is 4.52 Å². The molecule has 0 N–H and O–H groups in total. The molecular weight excluding hydrogens is 357 g/mol. The molecule has 0 aromatic rings. The lowest BCUT2D eigenvalue weighted by atomic mass is 10.2. The van der Waals surface area contributed by atoms with Crippen molar-refractivity contribution in [1.82, 2.24) is 0 Å². The number of rotatable bonds is 9. The Bertz CT molecular complexity index is 294. The van der Waals surface area contributed by atoms with Crippen molar-refractivity contribution < 1.29 is 18.1 Å². The lowest BCUT2D eigenvalue weighted by Crippen LogP contribution is -2.26. The van der Waals surface area contributed by atoms with Crippen LogP contribution in [0.5, 0.6) is 0 Å². The molecule has 0 amide bonds. The van der Waals surface area contributed by atoms with Crippen molar-refractivity contribution in [1.29, 1.82) is 0 Å². The Morgan fingerprint density at radius 2 is 1.37 bits per heavy atom. The van der Waals surface area contributed by atoms with E-state index in [4.69, 9.17) is 60.0 Å². The van der Waals surface area contributed by atoms with E-state index in [2.05, 4.69) is 0 Å². The molecule has 4 nitrogen and oxygen atoms in total. The van der Waals surface area contributed by atoms with Gasteiger partial charge in [0.15, 0.2) is 4.84 Å². The van der Waals surface area contributed by atoms with Crippen molar-refractivity contribution >= 4 is 54.2 Å². The Balaban J connectivity index is 4.79. The summed E-state index contributed by atoms with van der Waals surface area (Å²) in [5.41, 5.74) is 0. The first-order valence-corrected chi connectivity index (χ1v) is 8.83. The number of halogens is 4. The molecule has 0 aliphatic heterocycles. The van der Waals surface area contributed by atoms with Gasteiger partial charge < -0.3 is 0 Å². The zero-order valence-corrected chi connectivity index (χ0v) is 15.2. The van der Waals surface area contributed by atoms with Crippen molar-refractivity contribution in [2.75, 3.05) is 13.2 Å². The highest BCUT2D eigenvalue weighted by Crippen LogP contribution is 2.56. The fraction of sp³-hybridized carbons (Fsp3) is 1.00. The van der Waals surface area contributed by atoms with E-state index in [9.17, 15) is 4.57 Å². The molecule has 0 aromatic heterocycles.